The summed E-state index contributed by atoms with van der Waals surface area (Å²) in [5.41, 5.74) is 1.71. The molecule has 0 spiro atoms. The fourth-order valence-corrected chi connectivity index (χ4v) is 3.69. The van der Waals surface area contributed by atoms with Crippen LogP contribution in [0, 0.1) is 0 Å². The highest BCUT2D eigenvalue weighted by molar-refractivity contribution is 5.86. The van der Waals surface area contributed by atoms with Gasteiger partial charge in [-0.25, -0.2) is 0 Å². The van der Waals surface area contributed by atoms with Crippen LogP contribution in [0.5, 0.6) is 11.5 Å². The Hall–Kier alpha value is -3.13. The quantitative estimate of drug-likeness (QED) is 0.625. The van der Waals surface area contributed by atoms with Crippen molar-refractivity contribution in [2.24, 2.45) is 0 Å². The summed E-state index contributed by atoms with van der Waals surface area (Å²) >= 11 is 0. The number of carbonyl (C=O) groups is 2. The number of aromatic nitrogens is 1. The minimum absolute atomic E-state index is 0.0129. The summed E-state index contributed by atoms with van der Waals surface area (Å²) in [4.78, 5) is 33.2. The number of benzene rings is 1. The van der Waals surface area contributed by atoms with Crippen LogP contribution < -0.4 is 9.47 Å². The lowest BCUT2D eigenvalue weighted by molar-refractivity contribution is -0.139. The fraction of sp³-hybridized carbons (Fsp3) is 0.458. The topological polar surface area (TPSA) is 81.2 Å². The average Bonchev–Trinajstić information content (AvgIpc) is 2.97. The Morgan fingerprint density at radius 3 is 2.44 bits per heavy atom. The van der Waals surface area contributed by atoms with Crippen molar-refractivity contribution in [1.29, 1.82) is 0 Å². The lowest BCUT2D eigenvalue weighted by Crippen LogP contribution is -2.42. The highest BCUT2D eigenvalue weighted by Crippen LogP contribution is 2.24. The van der Waals surface area contributed by atoms with E-state index in [0.29, 0.717) is 31.2 Å². The molecule has 32 heavy (non-hydrogen) atoms. The number of ether oxygens (including phenoxy) is 3. The average molecular weight is 442 g/mol. The summed E-state index contributed by atoms with van der Waals surface area (Å²) in [6.07, 6.45) is 3.21. The molecule has 0 bridgehead atoms. The number of pyridine rings is 1. The fourth-order valence-electron chi connectivity index (χ4n) is 3.69. The van der Waals surface area contributed by atoms with E-state index in [1.54, 1.807) is 48.5 Å². The lowest BCUT2D eigenvalue weighted by atomic mass is 10.2. The van der Waals surface area contributed by atoms with Gasteiger partial charge in [0.15, 0.2) is 0 Å². The van der Waals surface area contributed by atoms with Crippen LogP contribution in [0.2, 0.25) is 0 Å². The maximum atomic E-state index is 13.0. The molecule has 1 fully saturated rings. The van der Waals surface area contributed by atoms with Gasteiger partial charge in [-0.1, -0.05) is 6.07 Å². The number of hydrogen-bond donors (Lipinski definition) is 0. The summed E-state index contributed by atoms with van der Waals surface area (Å²) < 4.78 is 16.9. The van der Waals surface area contributed by atoms with Crippen molar-refractivity contribution in [1.82, 2.24) is 14.8 Å². The second-order valence-electron chi connectivity index (χ2n) is 8.11. The third-order valence-corrected chi connectivity index (χ3v) is 5.42. The number of carbonyl (C=O) groups excluding carboxylic acids is 2. The predicted octanol–water partition coefficient (Wildman–Crippen LogP) is 2.31. The van der Waals surface area contributed by atoms with Crippen molar-refractivity contribution < 1.29 is 23.8 Å². The second kappa shape index (κ2) is 10.9. The van der Waals surface area contributed by atoms with E-state index in [1.165, 1.54) is 0 Å². The third-order valence-electron chi connectivity index (χ3n) is 5.42. The van der Waals surface area contributed by atoms with E-state index < -0.39 is 0 Å². The molecule has 0 saturated carbocycles. The Labute approximate surface area is 189 Å². The lowest BCUT2D eigenvalue weighted by Gasteiger charge is -2.27. The van der Waals surface area contributed by atoms with Crippen LogP contribution in [0.1, 0.15) is 25.0 Å². The molecule has 1 atom stereocenters. The number of rotatable bonds is 8. The van der Waals surface area contributed by atoms with Crippen molar-refractivity contribution in [3.63, 3.8) is 0 Å². The van der Waals surface area contributed by atoms with Gasteiger partial charge < -0.3 is 24.0 Å². The van der Waals surface area contributed by atoms with Gasteiger partial charge in [0.2, 0.25) is 11.8 Å². The van der Waals surface area contributed by atoms with Crippen molar-refractivity contribution in [3.8, 4) is 11.5 Å². The van der Waals surface area contributed by atoms with E-state index in [9.17, 15) is 9.59 Å². The molecule has 1 unspecified atom stereocenters. The molecule has 8 heteroatoms. The molecular formula is C24H31N3O5. The van der Waals surface area contributed by atoms with Crippen LogP contribution in [0.25, 0.3) is 0 Å². The van der Waals surface area contributed by atoms with Gasteiger partial charge in [-0.2, -0.15) is 0 Å². The van der Waals surface area contributed by atoms with E-state index >= 15 is 0 Å². The maximum absolute atomic E-state index is 13.0. The smallest absolute Gasteiger partial charge is 0.242 e. The van der Waals surface area contributed by atoms with E-state index in [2.05, 4.69) is 4.98 Å². The highest BCUT2D eigenvalue weighted by Gasteiger charge is 2.32. The Bertz CT molecular complexity index is 897. The molecular weight excluding hydrogens is 410 g/mol. The normalized spacial score (nSPS) is 16.8. The number of methoxy groups -OCH3 is 2. The van der Waals surface area contributed by atoms with Crippen molar-refractivity contribution in [2.75, 3.05) is 33.9 Å². The van der Waals surface area contributed by atoms with Gasteiger partial charge in [0, 0.05) is 37.6 Å². The molecule has 0 radical (unpaired) electrons. The van der Waals surface area contributed by atoms with Crippen LogP contribution in [0.15, 0.2) is 42.7 Å². The Morgan fingerprint density at radius 1 is 1.12 bits per heavy atom. The van der Waals surface area contributed by atoms with E-state index in [4.69, 9.17) is 14.2 Å². The molecule has 1 aromatic heterocycles. The zero-order valence-corrected chi connectivity index (χ0v) is 19.1. The summed E-state index contributed by atoms with van der Waals surface area (Å²) in [7, 11) is 3.20. The molecule has 2 aromatic rings. The molecule has 1 aromatic carbocycles. The maximum Gasteiger partial charge on any atom is 0.242 e. The van der Waals surface area contributed by atoms with Gasteiger partial charge in [0.05, 0.1) is 39.9 Å². The molecule has 1 aliphatic heterocycles. The summed E-state index contributed by atoms with van der Waals surface area (Å²) in [5, 5.41) is 0. The summed E-state index contributed by atoms with van der Waals surface area (Å²) in [6.45, 7) is 5.06. The van der Waals surface area contributed by atoms with Gasteiger partial charge in [-0.3, -0.25) is 14.6 Å². The van der Waals surface area contributed by atoms with Gasteiger partial charge in [0.25, 0.3) is 0 Å². The van der Waals surface area contributed by atoms with E-state index in [0.717, 1.165) is 11.1 Å². The third kappa shape index (κ3) is 6.20. The first-order valence-electron chi connectivity index (χ1n) is 10.7. The number of amides is 2. The molecule has 8 nitrogen and oxygen atoms in total. The predicted molar refractivity (Wildman–Crippen MR) is 119 cm³/mol. The van der Waals surface area contributed by atoms with E-state index in [-0.39, 0.29) is 36.9 Å². The van der Waals surface area contributed by atoms with Gasteiger partial charge in [-0.15, -0.1) is 0 Å². The van der Waals surface area contributed by atoms with Gasteiger partial charge in [0.1, 0.15) is 11.5 Å². The second-order valence-corrected chi connectivity index (χ2v) is 8.11. The monoisotopic (exact) mass is 441 g/mol. The molecule has 0 aliphatic carbocycles. The summed E-state index contributed by atoms with van der Waals surface area (Å²) in [5.74, 6) is 1.16. The van der Waals surface area contributed by atoms with Crippen LogP contribution in [-0.2, 0) is 27.4 Å². The van der Waals surface area contributed by atoms with Crippen LogP contribution >= 0.6 is 0 Å². The van der Waals surface area contributed by atoms with Crippen molar-refractivity contribution in [3.05, 3.63) is 53.9 Å². The van der Waals surface area contributed by atoms with Gasteiger partial charge >= 0.3 is 0 Å². The number of nitrogens with zero attached hydrogens (tertiary/aromatic N) is 3. The molecule has 1 saturated heterocycles. The minimum atomic E-state index is -0.320. The molecule has 1 aliphatic rings. The SMILES string of the molecule is COc1cc(COC2CN(C(=O)Cc3cccnc3)CC(=O)N(C(C)C)C2)cc(OC)c1. The van der Waals surface area contributed by atoms with Gasteiger partial charge in [-0.05, 0) is 43.2 Å². The zero-order chi connectivity index (χ0) is 23.1. The highest BCUT2D eigenvalue weighted by atomic mass is 16.5. The first kappa shape index (κ1) is 23.5. The first-order valence-corrected chi connectivity index (χ1v) is 10.7. The molecule has 2 amide bonds. The van der Waals surface area contributed by atoms with Crippen molar-refractivity contribution in [2.45, 2.75) is 39.0 Å². The first-order chi connectivity index (χ1) is 15.4. The minimum Gasteiger partial charge on any atom is -0.497 e. The Balaban J connectivity index is 1.74. The Kier molecular flexibility index (Phi) is 8.05. The van der Waals surface area contributed by atoms with Crippen molar-refractivity contribution >= 4 is 11.8 Å². The zero-order valence-electron chi connectivity index (χ0n) is 19.1. The summed E-state index contributed by atoms with van der Waals surface area (Å²) in [6, 6.07) is 9.23. The molecule has 3 rings (SSSR count). The molecule has 2 heterocycles. The van der Waals surface area contributed by atoms with Crippen LogP contribution in [-0.4, -0.2) is 72.6 Å². The molecule has 0 N–H and O–H groups in total. The Morgan fingerprint density at radius 2 is 1.84 bits per heavy atom. The van der Waals surface area contributed by atoms with Crippen LogP contribution in [0.4, 0.5) is 0 Å². The van der Waals surface area contributed by atoms with Crippen LogP contribution in [0.3, 0.4) is 0 Å². The number of hydrogen-bond acceptors (Lipinski definition) is 6. The largest absolute Gasteiger partial charge is 0.497 e. The standard InChI is InChI=1S/C24H31N3O5/c1-17(2)27-14-22(32-16-19-8-20(30-3)11-21(9-19)31-4)13-26(15-24(27)29)23(28)10-18-6-5-7-25-12-18/h5-9,11-12,17,22H,10,13-16H2,1-4H3. The molecule has 172 valence electrons. The van der Waals surface area contributed by atoms with E-state index in [1.807, 2.05) is 32.0 Å².